The maximum atomic E-state index is 5.24. The molecule has 3 heteroatoms. The second-order valence-electron chi connectivity index (χ2n) is 2.39. The van der Waals surface area contributed by atoms with Gasteiger partial charge in [0.15, 0.2) is 0 Å². The van der Waals surface area contributed by atoms with Crippen molar-refractivity contribution in [3.63, 3.8) is 0 Å². The first kappa shape index (κ1) is 8.56. The van der Waals surface area contributed by atoms with Crippen LogP contribution in [0.4, 0.5) is 0 Å². The van der Waals surface area contributed by atoms with E-state index < -0.39 is 0 Å². The summed E-state index contributed by atoms with van der Waals surface area (Å²) in [4.78, 5) is 0. The van der Waals surface area contributed by atoms with Crippen molar-refractivity contribution in [2.45, 2.75) is 12.5 Å². The van der Waals surface area contributed by atoms with Gasteiger partial charge in [0, 0.05) is 6.61 Å². The van der Waals surface area contributed by atoms with Gasteiger partial charge in [-0.15, -0.1) is 0 Å². The van der Waals surface area contributed by atoms with Gasteiger partial charge in [0.2, 0.25) is 0 Å². The van der Waals surface area contributed by atoms with Crippen molar-refractivity contribution in [3.8, 4) is 0 Å². The zero-order valence-electron chi connectivity index (χ0n) is 6.62. The lowest BCUT2D eigenvalue weighted by Gasteiger charge is -2.25. The Bertz CT molecular complexity index is 110. The van der Waals surface area contributed by atoms with Gasteiger partial charge in [-0.05, 0) is 6.42 Å². The molecule has 0 saturated carbocycles. The fourth-order valence-corrected chi connectivity index (χ4v) is 0.821. The molecular formula is C8H14O3. The summed E-state index contributed by atoms with van der Waals surface area (Å²) in [6.07, 6.45) is 2.88. The summed E-state index contributed by atoms with van der Waals surface area (Å²) in [6.45, 7) is 6.20. The van der Waals surface area contributed by atoms with Gasteiger partial charge in [-0.3, -0.25) is 0 Å². The molecule has 1 fully saturated rings. The van der Waals surface area contributed by atoms with Crippen LogP contribution in [0.2, 0.25) is 0 Å². The van der Waals surface area contributed by atoms with Crippen molar-refractivity contribution in [1.82, 2.24) is 0 Å². The summed E-state index contributed by atoms with van der Waals surface area (Å²) in [5.41, 5.74) is 0. The molecule has 1 aliphatic rings. The molecule has 1 unspecified atom stereocenters. The minimum absolute atomic E-state index is 0.332. The van der Waals surface area contributed by atoms with Crippen LogP contribution in [-0.4, -0.2) is 32.5 Å². The van der Waals surface area contributed by atoms with Gasteiger partial charge >= 0.3 is 0 Å². The quantitative estimate of drug-likeness (QED) is 0.425. The fourth-order valence-electron chi connectivity index (χ4n) is 0.821. The van der Waals surface area contributed by atoms with Crippen LogP contribution in [0.5, 0.6) is 0 Å². The van der Waals surface area contributed by atoms with Crippen LogP contribution in [0, 0.1) is 0 Å². The van der Waals surface area contributed by atoms with Crippen molar-refractivity contribution < 1.29 is 14.2 Å². The van der Waals surface area contributed by atoms with E-state index in [2.05, 4.69) is 6.58 Å². The molecule has 1 heterocycles. The second kappa shape index (κ2) is 5.16. The molecule has 0 bridgehead atoms. The minimum atomic E-state index is 0.332. The summed E-state index contributed by atoms with van der Waals surface area (Å²) in [5.74, 6) is 0. The van der Waals surface area contributed by atoms with E-state index in [1.54, 1.807) is 0 Å². The third-order valence-corrected chi connectivity index (χ3v) is 1.56. The molecule has 0 amide bonds. The lowest BCUT2D eigenvalue weighted by molar-refractivity contribution is -0.0966. The van der Waals surface area contributed by atoms with Crippen LogP contribution in [-0.2, 0) is 14.2 Å². The highest BCUT2D eigenvalue weighted by Crippen LogP contribution is 2.10. The van der Waals surface area contributed by atoms with Crippen LogP contribution in [0.15, 0.2) is 12.8 Å². The van der Waals surface area contributed by atoms with Crippen molar-refractivity contribution in [3.05, 3.63) is 12.8 Å². The van der Waals surface area contributed by atoms with Crippen LogP contribution < -0.4 is 0 Å². The number of ether oxygens (including phenoxy) is 3. The third kappa shape index (κ3) is 3.39. The molecule has 1 atom stereocenters. The normalized spacial score (nSPS) is 22.4. The summed E-state index contributed by atoms with van der Waals surface area (Å²) < 4.78 is 15.3. The van der Waals surface area contributed by atoms with E-state index in [4.69, 9.17) is 14.2 Å². The summed E-state index contributed by atoms with van der Waals surface area (Å²) >= 11 is 0. The molecule has 1 aliphatic heterocycles. The largest absolute Gasteiger partial charge is 0.499 e. The highest BCUT2D eigenvalue weighted by Gasteiger charge is 2.17. The zero-order chi connectivity index (χ0) is 7.94. The number of rotatable bonds is 6. The maximum absolute atomic E-state index is 5.24. The van der Waals surface area contributed by atoms with E-state index in [0.717, 1.165) is 13.0 Å². The summed E-state index contributed by atoms with van der Waals surface area (Å²) in [7, 11) is 0. The highest BCUT2D eigenvalue weighted by atomic mass is 16.6. The standard InChI is InChI=1S/C8H14O3/c1-2-9-5-6-10-7-8-3-4-11-8/h2,8H,1,3-7H2. The smallest absolute Gasteiger partial charge is 0.111 e. The van der Waals surface area contributed by atoms with Crippen LogP contribution >= 0.6 is 0 Å². The lowest BCUT2D eigenvalue weighted by atomic mass is 10.2. The van der Waals surface area contributed by atoms with Crippen molar-refractivity contribution in [1.29, 1.82) is 0 Å². The third-order valence-electron chi connectivity index (χ3n) is 1.56. The Labute approximate surface area is 66.9 Å². The molecule has 0 radical (unpaired) electrons. The minimum Gasteiger partial charge on any atom is -0.499 e. The van der Waals surface area contributed by atoms with E-state index in [-0.39, 0.29) is 0 Å². The molecule has 1 saturated heterocycles. The molecule has 0 aromatic rings. The Morgan fingerprint density at radius 3 is 2.91 bits per heavy atom. The Hall–Kier alpha value is -0.540. The van der Waals surface area contributed by atoms with Crippen molar-refractivity contribution in [2.24, 2.45) is 0 Å². The zero-order valence-corrected chi connectivity index (χ0v) is 6.62. The van der Waals surface area contributed by atoms with E-state index in [0.29, 0.717) is 25.9 Å². The number of hydrogen-bond acceptors (Lipinski definition) is 3. The monoisotopic (exact) mass is 158 g/mol. The molecule has 11 heavy (non-hydrogen) atoms. The SMILES string of the molecule is C=COCCOCC1CCO1. The summed E-state index contributed by atoms with van der Waals surface area (Å²) in [5, 5.41) is 0. The van der Waals surface area contributed by atoms with Gasteiger partial charge in [0.05, 0.1) is 25.6 Å². The molecule has 0 aliphatic carbocycles. The lowest BCUT2D eigenvalue weighted by Crippen LogP contribution is -2.31. The Morgan fingerprint density at radius 1 is 1.55 bits per heavy atom. The first-order valence-electron chi connectivity index (χ1n) is 3.85. The van der Waals surface area contributed by atoms with Crippen LogP contribution in [0.3, 0.4) is 0 Å². The predicted molar refractivity (Wildman–Crippen MR) is 41.3 cm³/mol. The van der Waals surface area contributed by atoms with Gasteiger partial charge in [-0.2, -0.15) is 0 Å². The maximum Gasteiger partial charge on any atom is 0.111 e. The average molecular weight is 158 g/mol. The van der Waals surface area contributed by atoms with Gasteiger partial charge in [-0.1, -0.05) is 6.58 Å². The molecule has 0 spiro atoms. The van der Waals surface area contributed by atoms with Gasteiger partial charge < -0.3 is 14.2 Å². The summed E-state index contributed by atoms with van der Waals surface area (Å²) in [6, 6.07) is 0. The fraction of sp³-hybridized carbons (Fsp3) is 0.750. The molecule has 0 aromatic heterocycles. The van der Waals surface area contributed by atoms with Crippen LogP contribution in [0.25, 0.3) is 0 Å². The first-order chi connectivity index (χ1) is 5.43. The molecule has 64 valence electrons. The molecule has 0 aromatic carbocycles. The Kier molecular flexibility index (Phi) is 4.01. The molecule has 0 N–H and O–H groups in total. The first-order valence-corrected chi connectivity index (χ1v) is 3.85. The highest BCUT2D eigenvalue weighted by molar-refractivity contribution is 4.64. The Morgan fingerprint density at radius 2 is 2.36 bits per heavy atom. The predicted octanol–water partition coefficient (Wildman–Crippen LogP) is 0.952. The number of hydrogen-bond donors (Lipinski definition) is 0. The molecule has 3 nitrogen and oxygen atoms in total. The average Bonchev–Trinajstić information content (AvgIpc) is 1.93. The second-order valence-corrected chi connectivity index (χ2v) is 2.39. The van der Waals surface area contributed by atoms with Gasteiger partial charge in [0.1, 0.15) is 6.61 Å². The molecule has 1 rings (SSSR count). The van der Waals surface area contributed by atoms with E-state index in [9.17, 15) is 0 Å². The topological polar surface area (TPSA) is 27.7 Å². The van der Waals surface area contributed by atoms with Crippen LogP contribution in [0.1, 0.15) is 6.42 Å². The van der Waals surface area contributed by atoms with E-state index >= 15 is 0 Å². The van der Waals surface area contributed by atoms with Gasteiger partial charge in [-0.25, -0.2) is 0 Å². The van der Waals surface area contributed by atoms with Crippen molar-refractivity contribution >= 4 is 0 Å². The Balaban J connectivity index is 1.76. The van der Waals surface area contributed by atoms with Gasteiger partial charge in [0.25, 0.3) is 0 Å². The molecular weight excluding hydrogens is 144 g/mol. The van der Waals surface area contributed by atoms with Crippen molar-refractivity contribution in [2.75, 3.05) is 26.4 Å². The van der Waals surface area contributed by atoms with E-state index in [1.165, 1.54) is 6.26 Å². The van der Waals surface area contributed by atoms with E-state index in [1.807, 2.05) is 0 Å².